The number of carbonyl (C=O) groups is 3. The molecule has 5 rings (SSSR count). The van der Waals surface area contributed by atoms with Crippen molar-refractivity contribution in [3.8, 4) is 16.9 Å². The minimum Gasteiger partial charge on any atom is -0.510 e. The lowest BCUT2D eigenvalue weighted by atomic mass is 9.58. The molecule has 7 N–H and O–H groups in total. The molecule has 0 unspecified atom stereocenters. The summed E-state index contributed by atoms with van der Waals surface area (Å²) < 4.78 is 0. The van der Waals surface area contributed by atoms with Crippen molar-refractivity contribution in [2.45, 2.75) is 50.8 Å². The van der Waals surface area contributed by atoms with Crippen LogP contribution < -0.4 is 11.1 Å². The number of nitrogens with one attached hydrogen (secondary N) is 1. The number of aliphatic hydroxyl groups excluding tert-OH is 2. The van der Waals surface area contributed by atoms with Crippen LogP contribution in [0.4, 0.5) is 5.69 Å². The molecule has 0 spiro atoms. The number of aliphatic hydroxyl groups is 3. The third-order valence-corrected chi connectivity index (χ3v) is 8.50. The fraction of sp³-hybridized carbons (Fsp3) is 0.375. The minimum atomic E-state index is -2.67. The molecular weight excluding hydrogens is 552 g/mol. The van der Waals surface area contributed by atoms with Crippen molar-refractivity contribution in [1.82, 2.24) is 10.2 Å². The van der Waals surface area contributed by atoms with Gasteiger partial charge in [-0.3, -0.25) is 19.3 Å². The molecule has 11 heteroatoms. The number of aliphatic imine (C=N–C) groups is 1. The van der Waals surface area contributed by atoms with Gasteiger partial charge in [0.2, 0.25) is 5.78 Å². The van der Waals surface area contributed by atoms with Crippen LogP contribution in [-0.2, 0) is 16.0 Å². The summed E-state index contributed by atoms with van der Waals surface area (Å²) in [6, 6.07) is 9.45. The van der Waals surface area contributed by atoms with Crippen molar-refractivity contribution in [3.63, 3.8) is 0 Å². The van der Waals surface area contributed by atoms with Crippen molar-refractivity contribution in [2.75, 3.05) is 14.1 Å². The highest BCUT2D eigenvalue weighted by Crippen LogP contribution is 2.53. The summed E-state index contributed by atoms with van der Waals surface area (Å²) in [6.07, 6.45) is 1.86. The Balaban J connectivity index is 1.59. The first-order chi connectivity index (χ1) is 20.1. The maximum atomic E-state index is 13.9. The third kappa shape index (κ3) is 4.78. The Morgan fingerprint density at radius 1 is 1.09 bits per heavy atom. The average Bonchev–Trinajstić information content (AvgIpc) is 2.90. The molecule has 0 aromatic heterocycles. The molecule has 0 saturated carbocycles. The number of hydrogen-bond donors (Lipinski definition) is 6. The number of amides is 1. The summed E-state index contributed by atoms with van der Waals surface area (Å²) in [5, 5.41) is 48.1. The van der Waals surface area contributed by atoms with Crippen molar-refractivity contribution in [2.24, 2.45) is 22.6 Å². The quantitative estimate of drug-likeness (QED) is 0.174. The number of rotatable bonds is 5. The van der Waals surface area contributed by atoms with E-state index in [2.05, 4.69) is 10.3 Å². The number of phenolic OH excluding ortho intramolecular Hbond substituents is 1. The lowest BCUT2D eigenvalue weighted by molar-refractivity contribution is -0.148. The maximum absolute atomic E-state index is 13.9. The molecule has 226 valence electrons. The molecule has 4 atom stereocenters. The van der Waals surface area contributed by atoms with Crippen LogP contribution in [0.5, 0.6) is 5.75 Å². The van der Waals surface area contributed by atoms with Gasteiger partial charge in [-0.1, -0.05) is 18.2 Å². The van der Waals surface area contributed by atoms with Crippen LogP contribution in [0.1, 0.15) is 43.1 Å². The smallest absolute Gasteiger partial charge is 0.255 e. The van der Waals surface area contributed by atoms with E-state index in [-0.39, 0.29) is 35.3 Å². The largest absolute Gasteiger partial charge is 0.510 e. The maximum Gasteiger partial charge on any atom is 0.255 e. The Labute approximate surface area is 249 Å². The monoisotopic (exact) mass is 588 g/mol. The predicted octanol–water partition coefficient (Wildman–Crippen LogP) is 2.84. The highest BCUT2D eigenvalue weighted by atomic mass is 16.3. The summed E-state index contributed by atoms with van der Waals surface area (Å²) >= 11 is 0. The summed E-state index contributed by atoms with van der Waals surface area (Å²) in [4.78, 5) is 45.5. The second kappa shape index (κ2) is 10.4. The van der Waals surface area contributed by atoms with Gasteiger partial charge in [-0.25, -0.2) is 4.99 Å². The van der Waals surface area contributed by atoms with Crippen LogP contribution in [0.15, 0.2) is 64.1 Å². The topological polar surface area (TPSA) is 186 Å². The van der Waals surface area contributed by atoms with Gasteiger partial charge < -0.3 is 31.5 Å². The lowest BCUT2D eigenvalue weighted by Gasteiger charge is -2.50. The zero-order chi connectivity index (χ0) is 31.6. The Bertz CT molecular complexity index is 1630. The van der Waals surface area contributed by atoms with E-state index < -0.39 is 58.0 Å². The van der Waals surface area contributed by atoms with Crippen LogP contribution >= 0.6 is 0 Å². The van der Waals surface area contributed by atoms with E-state index in [1.807, 2.05) is 45.0 Å². The van der Waals surface area contributed by atoms with Crippen LogP contribution in [0.2, 0.25) is 0 Å². The molecule has 43 heavy (non-hydrogen) atoms. The number of benzene rings is 2. The second-order valence-electron chi connectivity index (χ2n) is 12.6. The van der Waals surface area contributed by atoms with E-state index in [1.54, 1.807) is 26.5 Å². The number of hydrogen-bond acceptors (Lipinski definition) is 9. The van der Waals surface area contributed by atoms with Crippen molar-refractivity contribution < 1.29 is 34.8 Å². The van der Waals surface area contributed by atoms with Crippen LogP contribution in [0.3, 0.4) is 0 Å². The van der Waals surface area contributed by atoms with Crippen LogP contribution in [0, 0.1) is 11.8 Å². The van der Waals surface area contributed by atoms with Gasteiger partial charge in [0.15, 0.2) is 11.4 Å². The number of allylic oxidation sites excluding steroid dienone is 1. The molecule has 0 radical (unpaired) electrons. The fourth-order valence-corrected chi connectivity index (χ4v) is 6.55. The van der Waals surface area contributed by atoms with Crippen molar-refractivity contribution in [3.05, 3.63) is 70.2 Å². The molecule has 2 aromatic rings. The highest BCUT2D eigenvalue weighted by molar-refractivity contribution is 6.24. The predicted molar refractivity (Wildman–Crippen MR) is 160 cm³/mol. The van der Waals surface area contributed by atoms with E-state index in [0.717, 1.165) is 5.56 Å². The second-order valence-corrected chi connectivity index (χ2v) is 12.6. The molecule has 0 bridgehead atoms. The molecule has 3 aliphatic carbocycles. The fourth-order valence-electron chi connectivity index (χ4n) is 6.55. The Morgan fingerprint density at radius 2 is 1.74 bits per heavy atom. The number of fused-ring (bicyclic) bond motifs is 3. The van der Waals surface area contributed by atoms with Gasteiger partial charge in [0.1, 0.15) is 22.8 Å². The number of carbonyl (C=O) groups excluding carboxylic acids is 3. The number of likely N-dealkylation sites (N-methyl/N-ethyl adjacent to an activating group) is 1. The number of Topliss-reactive ketones (excluding diaryl/α,β-unsaturated/α-hetero) is 2. The molecule has 0 aliphatic heterocycles. The van der Waals surface area contributed by atoms with Gasteiger partial charge in [-0.2, -0.15) is 0 Å². The Hall–Kier alpha value is -4.48. The number of phenols is 1. The lowest BCUT2D eigenvalue weighted by Crippen LogP contribution is -2.63. The van der Waals surface area contributed by atoms with E-state index in [9.17, 15) is 34.8 Å². The van der Waals surface area contributed by atoms with Gasteiger partial charge in [0.05, 0.1) is 23.6 Å². The summed E-state index contributed by atoms with van der Waals surface area (Å²) in [5.74, 6) is -6.78. The standard InChI is InChI=1S/C32H36N4O7/c1-31(2,3)35-14-34-17-8-6-15(7-9-17)18-10-11-21(37)23-19(18)12-16-13-20-25(36(4)5)27(39)24(30(33)42)29(41)32(20,43)28(40)22(16)26(23)38/h6-11,14,16,20,25,37,39-40,43H,12-13H2,1-5H3,(H2,33,42)(H,34,35)/t16-,20+,25+,32-/m0/s1. The number of ketones is 2. The first-order valence-electron chi connectivity index (χ1n) is 14.0. The SMILES string of the molecule is CN(C)[C@H]1C(O)=C(C(N)=O)C(=O)[C@@]2(O)C(O)=C3C(=O)c4c(O)ccc(-c5ccc(/N=C\NC(C)(C)C)cc5)c4C[C@H]3C[C@H]12. The van der Waals surface area contributed by atoms with Crippen LogP contribution in [0.25, 0.3) is 11.1 Å². The van der Waals surface area contributed by atoms with Gasteiger partial charge >= 0.3 is 0 Å². The first kappa shape index (κ1) is 30.0. The molecular formula is C32H36N4O7. The normalized spacial score (nSPS) is 25.6. The average molecular weight is 589 g/mol. The molecule has 2 aromatic carbocycles. The summed E-state index contributed by atoms with van der Waals surface area (Å²) in [6.45, 7) is 6.07. The minimum absolute atomic E-state index is 0.0231. The van der Waals surface area contributed by atoms with E-state index >= 15 is 0 Å². The van der Waals surface area contributed by atoms with Gasteiger partial charge in [-0.15, -0.1) is 0 Å². The molecule has 0 fully saturated rings. The van der Waals surface area contributed by atoms with E-state index in [0.29, 0.717) is 16.8 Å². The Morgan fingerprint density at radius 3 is 2.33 bits per heavy atom. The summed E-state index contributed by atoms with van der Waals surface area (Å²) in [7, 11) is 3.19. The molecule has 11 nitrogen and oxygen atoms in total. The first-order valence-corrected chi connectivity index (χ1v) is 14.0. The number of nitrogens with zero attached hydrogens (tertiary/aromatic N) is 2. The van der Waals surface area contributed by atoms with Crippen molar-refractivity contribution >= 4 is 29.5 Å². The number of nitrogens with two attached hydrogens (primary N) is 1. The summed E-state index contributed by atoms with van der Waals surface area (Å²) in [5.41, 5.74) is 4.28. The zero-order valence-corrected chi connectivity index (χ0v) is 24.7. The third-order valence-electron chi connectivity index (χ3n) is 8.50. The highest BCUT2D eigenvalue weighted by Gasteiger charge is 2.63. The number of aromatic hydroxyl groups is 1. The number of primary amides is 1. The van der Waals surface area contributed by atoms with Crippen LogP contribution in [-0.4, -0.2) is 80.4 Å². The molecule has 1 amide bonds. The van der Waals surface area contributed by atoms with E-state index in [4.69, 9.17) is 5.73 Å². The van der Waals surface area contributed by atoms with Gasteiger partial charge in [0, 0.05) is 17.0 Å². The Kier molecular flexibility index (Phi) is 7.22. The molecule has 0 heterocycles. The molecule has 3 aliphatic rings. The van der Waals surface area contributed by atoms with Gasteiger partial charge in [0.25, 0.3) is 5.91 Å². The van der Waals surface area contributed by atoms with E-state index in [1.165, 1.54) is 11.0 Å². The van der Waals surface area contributed by atoms with Gasteiger partial charge in [-0.05, 0) is 88.5 Å². The van der Waals surface area contributed by atoms with Crippen molar-refractivity contribution in [1.29, 1.82) is 0 Å². The molecule has 0 saturated heterocycles. The zero-order valence-electron chi connectivity index (χ0n) is 24.7.